The molecule has 0 amide bonds. The molecule has 1 spiro atoms. The number of fused-ring (bicyclic) bond motifs is 1. The molecule has 128 valence electrons. The topological polar surface area (TPSA) is 97.7 Å². The summed E-state index contributed by atoms with van der Waals surface area (Å²) in [5.74, 6) is -5.88. The fourth-order valence-corrected chi connectivity index (χ4v) is 3.21. The van der Waals surface area contributed by atoms with Crippen molar-refractivity contribution in [3.63, 3.8) is 0 Å². The van der Waals surface area contributed by atoms with E-state index in [2.05, 4.69) is 0 Å². The molecule has 1 aliphatic carbocycles. The Balaban J connectivity index is 1.99. The van der Waals surface area contributed by atoms with Crippen molar-refractivity contribution in [2.45, 2.75) is 5.60 Å². The highest BCUT2D eigenvalue weighted by molar-refractivity contribution is 6.52. The van der Waals surface area contributed by atoms with Crippen LogP contribution in [0.25, 0.3) is 5.76 Å². The van der Waals surface area contributed by atoms with Gasteiger partial charge in [-0.05, 0) is 24.3 Å². The molecule has 4 rings (SSSR count). The molecule has 0 saturated carbocycles. The number of esters is 1. The molecule has 1 N–H and O–H groups in total. The second-order valence-electron chi connectivity index (χ2n) is 5.83. The van der Waals surface area contributed by atoms with Crippen LogP contribution in [0, 0.1) is 5.82 Å². The van der Waals surface area contributed by atoms with Crippen LogP contribution < -0.4 is 0 Å². The molecule has 0 atom stereocenters. The summed E-state index contributed by atoms with van der Waals surface area (Å²) in [5.41, 5.74) is -3.35. The van der Waals surface area contributed by atoms with Crippen molar-refractivity contribution in [1.29, 1.82) is 0 Å². The predicted molar refractivity (Wildman–Crippen MR) is 84.9 cm³/mol. The van der Waals surface area contributed by atoms with Crippen molar-refractivity contribution in [2.24, 2.45) is 0 Å². The van der Waals surface area contributed by atoms with Crippen molar-refractivity contribution in [2.75, 3.05) is 0 Å². The number of rotatable bonds is 1. The van der Waals surface area contributed by atoms with Gasteiger partial charge >= 0.3 is 5.97 Å². The first-order valence-electron chi connectivity index (χ1n) is 7.54. The smallest absolute Gasteiger partial charge is 0.381 e. The minimum atomic E-state index is -2.55. The van der Waals surface area contributed by atoms with E-state index < -0.39 is 46.1 Å². The van der Waals surface area contributed by atoms with Gasteiger partial charge in [0.15, 0.2) is 0 Å². The largest absolute Gasteiger partial charge is 0.507 e. The van der Waals surface area contributed by atoms with E-state index in [4.69, 9.17) is 4.74 Å². The Hall–Kier alpha value is -3.61. The lowest BCUT2D eigenvalue weighted by atomic mass is 9.85. The van der Waals surface area contributed by atoms with Crippen molar-refractivity contribution in [3.8, 4) is 0 Å². The van der Waals surface area contributed by atoms with Crippen molar-refractivity contribution in [3.05, 3.63) is 76.6 Å². The number of ketones is 3. The van der Waals surface area contributed by atoms with E-state index >= 15 is 0 Å². The molecular formula is C19H9FO6. The highest BCUT2D eigenvalue weighted by Gasteiger charge is 2.67. The molecule has 1 aliphatic heterocycles. The van der Waals surface area contributed by atoms with E-state index in [1.165, 1.54) is 24.3 Å². The molecule has 2 aliphatic rings. The highest BCUT2D eigenvalue weighted by Crippen LogP contribution is 2.44. The van der Waals surface area contributed by atoms with Crippen LogP contribution in [0.5, 0.6) is 0 Å². The van der Waals surface area contributed by atoms with Crippen LogP contribution in [0.3, 0.4) is 0 Å². The number of hydrogen-bond donors (Lipinski definition) is 1. The van der Waals surface area contributed by atoms with Gasteiger partial charge in [-0.3, -0.25) is 14.4 Å². The average Bonchev–Trinajstić information content (AvgIpc) is 3.03. The van der Waals surface area contributed by atoms with Gasteiger partial charge in [-0.25, -0.2) is 9.18 Å². The SMILES string of the molecule is O=C1OC2(C(=O)c3ccccc3C2=O)C(=C(O)c2ccc(F)cc2)C1=O. The van der Waals surface area contributed by atoms with Crippen molar-refractivity contribution >= 4 is 29.1 Å². The Kier molecular flexibility index (Phi) is 3.17. The van der Waals surface area contributed by atoms with Crippen LogP contribution in [0.15, 0.2) is 54.1 Å². The van der Waals surface area contributed by atoms with Crippen LogP contribution in [0.4, 0.5) is 4.39 Å². The number of halogens is 1. The molecule has 0 aromatic heterocycles. The van der Waals surface area contributed by atoms with Gasteiger partial charge < -0.3 is 9.84 Å². The molecule has 2 aromatic rings. The Morgan fingerprint density at radius 3 is 1.96 bits per heavy atom. The summed E-state index contributed by atoms with van der Waals surface area (Å²) in [6.45, 7) is 0. The minimum Gasteiger partial charge on any atom is -0.507 e. The third kappa shape index (κ3) is 1.85. The maximum Gasteiger partial charge on any atom is 0.381 e. The van der Waals surface area contributed by atoms with Crippen LogP contribution in [-0.2, 0) is 14.3 Å². The van der Waals surface area contributed by atoms with Gasteiger partial charge in [0.2, 0.25) is 11.6 Å². The Morgan fingerprint density at radius 2 is 1.42 bits per heavy atom. The first kappa shape index (κ1) is 15.9. The van der Waals surface area contributed by atoms with E-state index in [0.29, 0.717) is 0 Å². The number of ether oxygens (including phenoxy) is 1. The van der Waals surface area contributed by atoms with Gasteiger partial charge in [0.25, 0.3) is 11.4 Å². The number of Topliss-reactive ketones (excluding diaryl/α,β-unsaturated/α-hetero) is 3. The fourth-order valence-electron chi connectivity index (χ4n) is 3.21. The maximum atomic E-state index is 13.1. The van der Waals surface area contributed by atoms with E-state index in [-0.39, 0.29) is 16.7 Å². The first-order valence-corrected chi connectivity index (χ1v) is 7.54. The van der Waals surface area contributed by atoms with E-state index in [0.717, 1.165) is 24.3 Å². The normalized spacial score (nSPS) is 19.7. The van der Waals surface area contributed by atoms with Gasteiger partial charge in [-0.1, -0.05) is 24.3 Å². The highest BCUT2D eigenvalue weighted by atomic mass is 19.1. The summed E-state index contributed by atoms with van der Waals surface area (Å²) in [6, 6.07) is 10.1. The molecule has 0 bridgehead atoms. The lowest BCUT2D eigenvalue weighted by Gasteiger charge is -2.19. The molecule has 2 aromatic carbocycles. The van der Waals surface area contributed by atoms with Crippen molar-refractivity contribution in [1.82, 2.24) is 0 Å². The quantitative estimate of drug-likeness (QED) is 0.277. The fraction of sp³-hybridized carbons (Fsp3) is 0.0526. The summed E-state index contributed by atoms with van der Waals surface area (Å²) in [5, 5.41) is 10.5. The molecule has 6 nitrogen and oxygen atoms in total. The standard InChI is InChI=1S/C19H9FO6/c20-10-7-5-9(6-8-10)14(21)13-15(22)18(25)26-19(13)16(23)11-3-1-2-4-12(11)17(19)24/h1-8,21H. The summed E-state index contributed by atoms with van der Waals surface area (Å²) in [6.07, 6.45) is 0. The van der Waals surface area contributed by atoms with E-state index in [1.807, 2.05) is 0 Å². The lowest BCUT2D eigenvalue weighted by Crippen LogP contribution is -2.43. The van der Waals surface area contributed by atoms with Crippen LogP contribution in [0.2, 0.25) is 0 Å². The zero-order chi connectivity index (χ0) is 18.6. The first-order chi connectivity index (χ1) is 12.4. The van der Waals surface area contributed by atoms with Crippen LogP contribution >= 0.6 is 0 Å². The van der Waals surface area contributed by atoms with Gasteiger partial charge in [0.1, 0.15) is 17.1 Å². The van der Waals surface area contributed by atoms with E-state index in [9.17, 15) is 28.7 Å². The van der Waals surface area contributed by atoms with Gasteiger partial charge in [0, 0.05) is 16.7 Å². The Bertz CT molecular complexity index is 1010. The van der Waals surface area contributed by atoms with Crippen LogP contribution in [0.1, 0.15) is 26.3 Å². The number of carbonyl (C=O) groups is 4. The number of benzene rings is 2. The van der Waals surface area contributed by atoms with Crippen molar-refractivity contribution < 1.29 is 33.4 Å². The zero-order valence-corrected chi connectivity index (χ0v) is 13.0. The lowest BCUT2D eigenvalue weighted by molar-refractivity contribution is -0.149. The second kappa shape index (κ2) is 5.19. The number of aliphatic hydroxyl groups is 1. The maximum absolute atomic E-state index is 13.1. The molecule has 1 saturated heterocycles. The molecule has 26 heavy (non-hydrogen) atoms. The number of carbonyl (C=O) groups excluding carboxylic acids is 4. The van der Waals surface area contributed by atoms with Gasteiger partial charge in [-0.15, -0.1) is 0 Å². The Morgan fingerprint density at radius 1 is 0.885 bits per heavy atom. The monoisotopic (exact) mass is 352 g/mol. The summed E-state index contributed by atoms with van der Waals surface area (Å²) >= 11 is 0. The summed E-state index contributed by atoms with van der Waals surface area (Å²) in [4.78, 5) is 49.9. The molecule has 7 heteroatoms. The molecular weight excluding hydrogens is 343 g/mol. The average molecular weight is 352 g/mol. The molecule has 1 fully saturated rings. The third-order valence-corrected chi connectivity index (χ3v) is 4.42. The molecule has 0 radical (unpaired) electrons. The minimum absolute atomic E-state index is 0.00981. The Labute approximate surface area is 145 Å². The van der Waals surface area contributed by atoms with Gasteiger partial charge in [0.05, 0.1) is 0 Å². The molecule has 1 heterocycles. The predicted octanol–water partition coefficient (Wildman–Crippen LogP) is 2.04. The van der Waals surface area contributed by atoms with Gasteiger partial charge in [-0.2, -0.15) is 0 Å². The van der Waals surface area contributed by atoms with E-state index in [1.54, 1.807) is 0 Å². The summed E-state index contributed by atoms with van der Waals surface area (Å²) < 4.78 is 18.0. The second-order valence-corrected chi connectivity index (χ2v) is 5.83. The summed E-state index contributed by atoms with van der Waals surface area (Å²) in [7, 11) is 0. The molecule has 0 unspecified atom stereocenters. The number of hydrogen-bond acceptors (Lipinski definition) is 6. The third-order valence-electron chi connectivity index (χ3n) is 4.42. The number of aliphatic hydroxyl groups excluding tert-OH is 1. The van der Waals surface area contributed by atoms with Crippen LogP contribution in [-0.4, -0.2) is 34.0 Å². The zero-order valence-electron chi connectivity index (χ0n) is 13.0.